The first-order valence-corrected chi connectivity index (χ1v) is 4.36. The van der Waals surface area contributed by atoms with Crippen LogP contribution in [0.2, 0.25) is 0 Å². The molecule has 0 aliphatic rings. The zero-order valence-corrected chi connectivity index (χ0v) is 7.36. The van der Waals surface area contributed by atoms with Gasteiger partial charge in [0.2, 0.25) is 0 Å². The quantitative estimate of drug-likeness (QED) is 0.607. The average Bonchev–Trinajstić information content (AvgIpc) is 2.88. The van der Waals surface area contributed by atoms with Gasteiger partial charge < -0.3 is 9.97 Å². The van der Waals surface area contributed by atoms with Crippen molar-refractivity contribution in [3.63, 3.8) is 0 Å². The fraction of sp³-hybridized carbons (Fsp3) is 0. The minimum atomic E-state index is 0.750. The Morgan fingerprint density at radius 1 is 1.14 bits per heavy atom. The van der Waals surface area contributed by atoms with Gasteiger partial charge in [0.05, 0.1) is 11.8 Å². The van der Waals surface area contributed by atoms with Gasteiger partial charge in [-0.3, -0.25) is 0 Å². The Morgan fingerprint density at radius 2 is 2.14 bits per heavy atom. The van der Waals surface area contributed by atoms with Crippen LogP contribution >= 0.6 is 0 Å². The van der Waals surface area contributed by atoms with Crippen LogP contribution in [-0.4, -0.2) is 19.9 Å². The molecule has 3 rings (SSSR count). The minimum Gasteiger partial charge on any atom is -0.361 e. The van der Waals surface area contributed by atoms with E-state index in [-0.39, 0.29) is 0 Å². The van der Waals surface area contributed by atoms with Crippen LogP contribution in [-0.2, 0) is 0 Å². The molecule has 4 heteroatoms. The first kappa shape index (κ1) is 7.32. The highest BCUT2D eigenvalue weighted by molar-refractivity contribution is 5.76. The maximum Gasteiger partial charge on any atom is 0.177 e. The van der Waals surface area contributed by atoms with E-state index in [1.54, 1.807) is 6.33 Å². The van der Waals surface area contributed by atoms with Gasteiger partial charge in [-0.05, 0) is 18.2 Å². The summed E-state index contributed by atoms with van der Waals surface area (Å²) in [6.07, 6.45) is 5.36. The molecule has 2 N–H and O–H groups in total. The van der Waals surface area contributed by atoms with Crippen molar-refractivity contribution in [3.8, 4) is 11.3 Å². The van der Waals surface area contributed by atoms with E-state index in [9.17, 15) is 0 Å². The van der Waals surface area contributed by atoms with E-state index in [1.807, 2.05) is 30.6 Å². The van der Waals surface area contributed by atoms with Gasteiger partial charge in [-0.2, -0.15) is 0 Å². The number of nitrogens with one attached hydrogen (secondary N) is 2. The summed E-state index contributed by atoms with van der Waals surface area (Å²) in [7, 11) is 0. The number of rotatable bonds is 1. The molecule has 0 atom stereocenters. The lowest BCUT2D eigenvalue weighted by molar-refractivity contribution is 1.30. The van der Waals surface area contributed by atoms with Crippen molar-refractivity contribution in [3.05, 3.63) is 36.9 Å². The second kappa shape index (κ2) is 2.70. The minimum absolute atomic E-state index is 0.750. The van der Waals surface area contributed by atoms with Gasteiger partial charge in [-0.25, -0.2) is 9.97 Å². The van der Waals surface area contributed by atoms with E-state index in [0.29, 0.717) is 0 Å². The van der Waals surface area contributed by atoms with Crippen molar-refractivity contribution >= 4 is 11.2 Å². The molecule has 0 unspecified atom stereocenters. The average molecular weight is 184 g/mol. The fourth-order valence-electron chi connectivity index (χ4n) is 1.49. The van der Waals surface area contributed by atoms with Crippen LogP contribution in [0.3, 0.4) is 0 Å². The summed E-state index contributed by atoms with van der Waals surface area (Å²) in [6.45, 7) is 0. The van der Waals surface area contributed by atoms with E-state index in [4.69, 9.17) is 0 Å². The number of hydrogen-bond acceptors (Lipinski definition) is 2. The molecule has 4 nitrogen and oxygen atoms in total. The number of aromatic nitrogens is 4. The largest absolute Gasteiger partial charge is 0.361 e. The molecule has 3 aromatic heterocycles. The topological polar surface area (TPSA) is 57.4 Å². The Labute approximate surface area is 80.0 Å². The number of fused-ring (bicyclic) bond motifs is 1. The van der Waals surface area contributed by atoms with Crippen molar-refractivity contribution in [2.75, 3.05) is 0 Å². The third-order valence-corrected chi connectivity index (χ3v) is 2.18. The Hall–Kier alpha value is -2.10. The van der Waals surface area contributed by atoms with Crippen LogP contribution in [0.25, 0.3) is 22.4 Å². The number of imidazole rings is 1. The molecule has 0 spiro atoms. The maximum absolute atomic E-state index is 4.23. The number of nitrogens with zero attached hydrogens (tertiary/aromatic N) is 2. The Kier molecular flexibility index (Phi) is 1.41. The molecule has 0 bridgehead atoms. The van der Waals surface area contributed by atoms with Crippen molar-refractivity contribution in [2.45, 2.75) is 0 Å². The molecule has 68 valence electrons. The van der Waals surface area contributed by atoms with Crippen LogP contribution in [0.4, 0.5) is 0 Å². The van der Waals surface area contributed by atoms with Crippen molar-refractivity contribution in [1.82, 2.24) is 19.9 Å². The molecule has 0 aliphatic carbocycles. The lowest BCUT2D eigenvalue weighted by Gasteiger charge is -1.96. The van der Waals surface area contributed by atoms with E-state index < -0.39 is 0 Å². The summed E-state index contributed by atoms with van der Waals surface area (Å²) in [5, 5.41) is 0. The van der Waals surface area contributed by atoms with Crippen LogP contribution < -0.4 is 0 Å². The van der Waals surface area contributed by atoms with E-state index in [2.05, 4.69) is 19.9 Å². The first-order valence-electron chi connectivity index (χ1n) is 4.36. The lowest BCUT2D eigenvalue weighted by Crippen LogP contribution is -1.81. The fourth-order valence-corrected chi connectivity index (χ4v) is 1.49. The second-order valence-electron chi connectivity index (χ2n) is 3.08. The molecule has 0 amide bonds. The smallest absolute Gasteiger partial charge is 0.177 e. The zero-order valence-electron chi connectivity index (χ0n) is 7.36. The van der Waals surface area contributed by atoms with Gasteiger partial charge in [0.25, 0.3) is 0 Å². The van der Waals surface area contributed by atoms with Gasteiger partial charge in [-0.1, -0.05) is 0 Å². The van der Waals surface area contributed by atoms with Gasteiger partial charge in [0, 0.05) is 23.7 Å². The molecular formula is C10H8N4. The lowest BCUT2D eigenvalue weighted by atomic mass is 10.2. The maximum atomic E-state index is 4.23. The zero-order chi connectivity index (χ0) is 9.38. The van der Waals surface area contributed by atoms with E-state index >= 15 is 0 Å². The molecule has 3 aromatic rings. The summed E-state index contributed by atoms with van der Waals surface area (Å²) < 4.78 is 0. The second-order valence-corrected chi connectivity index (χ2v) is 3.08. The molecule has 0 fully saturated rings. The third kappa shape index (κ3) is 1.01. The predicted molar refractivity (Wildman–Crippen MR) is 53.7 cm³/mol. The highest BCUT2D eigenvalue weighted by Crippen LogP contribution is 2.18. The number of H-pyrrole nitrogens is 2. The van der Waals surface area contributed by atoms with Crippen LogP contribution in [0.15, 0.2) is 36.9 Å². The van der Waals surface area contributed by atoms with Gasteiger partial charge in [-0.15, -0.1) is 0 Å². The molecule has 0 saturated carbocycles. The number of aromatic amines is 2. The van der Waals surface area contributed by atoms with E-state index in [1.165, 1.54) is 0 Å². The van der Waals surface area contributed by atoms with Crippen LogP contribution in [0, 0.1) is 0 Å². The third-order valence-electron chi connectivity index (χ3n) is 2.18. The highest BCUT2D eigenvalue weighted by Gasteiger charge is 2.01. The highest BCUT2D eigenvalue weighted by atomic mass is 14.9. The normalized spacial score (nSPS) is 10.9. The monoisotopic (exact) mass is 184 g/mol. The molecule has 0 saturated heterocycles. The number of pyridine rings is 1. The summed E-state index contributed by atoms with van der Waals surface area (Å²) in [6, 6.07) is 6.01. The predicted octanol–water partition coefficient (Wildman–Crippen LogP) is 1.95. The molecule has 3 heterocycles. The van der Waals surface area contributed by atoms with Crippen molar-refractivity contribution < 1.29 is 0 Å². The molecule has 14 heavy (non-hydrogen) atoms. The summed E-state index contributed by atoms with van der Waals surface area (Å²) >= 11 is 0. The molecule has 0 aromatic carbocycles. The standard InChI is InChI=1S/C10H8N4/c1-2-8(11-3-1)7-4-9-10(12-5-7)14-6-13-9/h1-6,11H,(H,12,13,14). The van der Waals surface area contributed by atoms with E-state index in [0.717, 1.165) is 22.4 Å². The summed E-state index contributed by atoms with van der Waals surface area (Å²) in [5.74, 6) is 0. The van der Waals surface area contributed by atoms with Gasteiger partial charge in [0.15, 0.2) is 5.65 Å². The molecule has 0 aliphatic heterocycles. The molecule has 0 radical (unpaired) electrons. The Bertz CT molecular complexity index is 550. The van der Waals surface area contributed by atoms with Crippen molar-refractivity contribution in [1.29, 1.82) is 0 Å². The Balaban J connectivity index is 2.23. The summed E-state index contributed by atoms with van der Waals surface area (Å²) in [5.41, 5.74) is 3.83. The SMILES string of the molecule is c1c[nH]c(-c2cnc3nc[nH]c3c2)c1. The van der Waals surface area contributed by atoms with Gasteiger partial charge >= 0.3 is 0 Å². The van der Waals surface area contributed by atoms with Crippen LogP contribution in [0.5, 0.6) is 0 Å². The first-order chi connectivity index (χ1) is 6.93. The van der Waals surface area contributed by atoms with Gasteiger partial charge in [0.1, 0.15) is 0 Å². The number of hydrogen-bond donors (Lipinski definition) is 2. The van der Waals surface area contributed by atoms with Crippen molar-refractivity contribution in [2.24, 2.45) is 0 Å². The summed E-state index contributed by atoms with van der Waals surface area (Å²) in [4.78, 5) is 14.5. The van der Waals surface area contributed by atoms with Crippen LogP contribution in [0.1, 0.15) is 0 Å². The Morgan fingerprint density at radius 3 is 3.00 bits per heavy atom. The molecular weight excluding hydrogens is 176 g/mol.